The van der Waals surface area contributed by atoms with Crippen LogP contribution in [0.2, 0.25) is 0 Å². The van der Waals surface area contributed by atoms with Crippen molar-refractivity contribution in [3.05, 3.63) is 34.9 Å². The molecule has 2 rings (SSSR count). The van der Waals surface area contributed by atoms with Crippen LogP contribution >= 0.6 is 0 Å². The largest absolute Gasteiger partial charge is 0.346 e. The molecule has 2 heteroatoms. The minimum atomic E-state index is -0.160. The maximum absolute atomic E-state index is 5.63. The van der Waals surface area contributed by atoms with Gasteiger partial charge in [-0.05, 0) is 29.0 Å². The molecule has 17 heavy (non-hydrogen) atoms. The van der Waals surface area contributed by atoms with Crippen LogP contribution in [0.25, 0.3) is 0 Å². The van der Waals surface area contributed by atoms with Crippen molar-refractivity contribution in [2.45, 2.75) is 45.8 Å². The summed E-state index contributed by atoms with van der Waals surface area (Å²) in [5.74, 6) is 0. The lowest BCUT2D eigenvalue weighted by atomic mass is 9.85. The van der Waals surface area contributed by atoms with Crippen molar-refractivity contribution in [1.29, 1.82) is 0 Å². The zero-order valence-electron chi connectivity index (χ0n) is 11.2. The Morgan fingerprint density at radius 2 is 1.82 bits per heavy atom. The summed E-state index contributed by atoms with van der Waals surface area (Å²) < 4.78 is 11.3. The molecule has 1 aliphatic heterocycles. The predicted octanol–water partition coefficient (Wildman–Crippen LogP) is 3.59. The highest BCUT2D eigenvalue weighted by Crippen LogP contribution is 2.31. The zero-order chi connectivity index (χ0) is 12.5. The highest BCUT2D eigenvalue weighted by molar-refractivity contribution is 5.36. The van der Waals surface area contributed by atoms with Crippen LogP contribution < -0.4 is 0 Å². The molecule has 1 aromatic carbocycles. The van der Waals surface area contributed by atoms with E-state index >= 15 is 0 Å². The van der Waals surface area contributed by atoms with Crippen molar-refractivity contribution < 1.29 is 9.47 Å². The predicted molar refractivity (Wildman–Crippen MR) is 69.2 cm³/mol. The smallest absolute Gasteiger partial charge is 0.184 e. The second-order valence-electron chi connectivity index (χ2n) is 5.59. The molecule has 1 fully saturated rings. The van der Waals surface area contributed by atoms with E-state index in [-0.39, 0.29) is 11.7 Å². The number of hydrogen-bond acceptors (Lipinski definition) is 2. The van der Waals surface area contributed by atoms with E-state index in [1.807, 2.05) is 0 Å². The summed E-state index contributed by atoms with van der Waals surface area (Å²) in [5.41, 5.74) is 4.03. The maximum Gasteiger partial charge on any atom is 0.184 e. The SMILES string of the molecule is CCc1ccc(C(C)(C)C)cc1C1OCCO1. The van der Waals surface area contributed by atoms with Gasteiger partial charge in [-0.2, -0.15) is 0 Å². The Balaban J connectivity index is 2.39. The summed E-state index contributed by atoms with van der Waals surface area (Å²) in [4.78, 5) is 0. The van der Waals surface area contributed by atoms with Crippen molar-refractivity contribution in [3.8, 4) is 0 Å². The standard InChI is InChI=1S/C15H22O2/c1-5-11-6-7-12(15(2,3)4)10-13(11)14-16-8-9-17-14/h6-7,10,14H,5,8-9H2,1-4H3. The molecule has 0 saturated carbocycles. The van der Waals surface area contributed by atoms with E-state index in [1.54, 1.807) is 0 Å². The van der Waals surface area contributed by atoms with Crippen LogP contribution in [0.5, 0.6) is 0 Å². The number of rotatable bonds is 2. The van der Waals surface area contributed by atoms with Crippen LogP contribution in [0.4, 0.5) is 0 Å². The molecule has 0 bridgehead atoms. The first-order valence-electron chi connectivity index (χ1n) is 6.39. The fraction of sp³-hybridized carbons (Fsp3) is 0.600. The van der Waals surface area contributed by atoms with E-state index in [2.05, 4.69) is 45.9 Å². The molecule has 2 nitrogen and oxygen atoms in total. The maximum atomic E-state index is 5.63. The quantitative estimate of drug-likeness (QED) is 0.778. The molecule has 0 amide bonds. The van der Waals surface area contributed by atoms with E-state index in [0.717, 1.165) is 6.42 Å². The zero-order valence-corrected chi connectivity index (χ0v) is 11.2. The van der Waals surface area contributed by atoms with Gasteiger partial charge in [0.15, 0.2) is 6.29 Å². The minimum Gasteiger partial charge on any atom is -0.346 e. The van der Waals surface area contributed by atoms with Crippen molar-refractivity contribution >= 4 is 0 Å². The third-order valence-electron chi connectivity index (χ3n) is 3.27. The summed E-state index contributed by atoms with van der Waals surface area (Å²) in [6, 6.07) is 6.67. The van der Waals surface area contributed by atoms with Crippen molar-refractivity contribution in [2.24, 2.45) is 0 Å². The second-order valence-corrected chi connectivity index (χ2v) is 5.59. The summed E-state index contributed by atoms with van der Waals surface area (Å²) in [7, 11) is 0. The Kier molecular flexibility index (Phi) is 3.55. The lowest BCUT2D eigenvalue weighted by Gasteiger charge is -2.22. The molecule has 0 aromatic heterocycles. The monoisotopic (exact) mass is 234 g/mol. The van der Waals surface area contributed by atoms with Gasteiger partial charge in [-0.1, -0.05) is 39.8 Å². The van der Waals surface area contributed by atoms with Crippen LogP contribution in [-0.4, -0.2) is 13.2 Å². The third-order valence-corrected chi connectivity index (χ3v) is 3.27. The average molecular weight is 234 g/mol. The summed E-state index contributed by atoms with van der Waals surface area (Å²) in [6.07, 6.45) is 0.857. The van der Waals surface area contributed by atoms with Crippen molar-refractivity contribution in [1.82, 2.24) is 0 Å². The number of benzene rings is 1. The highest BCUT2D eigenvalue weighted by Gasteiger charge is 2.23. The van der Waals surface area contributed by atoms with Crippen LogP contribution in [0, 0.1) is 0 Å². The van der Waals surface area contributed by atoms with Crippen LogP contribution in [0.1, 0.15) is 50.7 Å². The molecule has 0 spiro atoms. The number of ether oxygens (including phenoxy) is 2. The fourth-order valence-corrected chi connectivity index (χ4v) is 2.14. The van der Waals surface area contributed by atoms with E-state index < -0.39 is 0 Å². The van der Waals surface area contributed by atoms with Crippen molar-refractivity contribution in [3.63, 3.8) is 0 Å². The van der Waals surface area contributed by atoms with E-state index in [0.29, 0.717) is 13.2 Å². The minimum absolute atomic E-state index is 0.160. The molecule has 1 heterocycles. The first kappa shape index (κ1) is 12.6. The molecule has 0 aliphatic carbocycles. The number of aryl methyl sites for hydroxylation is 1. The van der Waals surface area contributed by atoms with E-state index in [9.17, 15) is 0 Å². The van der Waals surface area contributed by atoms with Crippen LogP contribution in [0.15, 0.2) is 18.2 Å². The molecule has 0 radical (unpaired) electrons. The summed E-state index contributed by atoms with van der Waals surface area (Å²) in [5, 5.41) is 0. The molecule has 0 N–H and O–H groups in total. The Hall–Kier alpha value is -0.860. The fourth-order valence-electron chi connectivity index (χ4n) is 2.14. The summed E-state index contributed by atoms with van der Waals surface area (Å²) >= 11 is 0. The third kappa shape index (κ3) is 2.70. The lowest BCUT2D eigenvalue weighted by molar-refractivity contribution is -0.0447. The van der Waals surface area contributed by atoms with E-state index in [1.165, 1.54) is 16.7 Å². The van der Waals surface area contributed by atoms with Gasteiger partial charge in [-0.25, -0.2) is 0 Å². The van der Waals surface area contributed by atoms with E-state index in [4.69, 9.17) is 9.47 Å². The Labute approximate surface area is 104 Å². The molecular formula is C15H22O2. The Bertz CT molecular complexity index is 384. The molecular weight excluding hydrogens is 212 g/mol. The second kappa shape index (κ2) is 4.79. The molecule has 94 valence electrons. The average Bonchev–Trinajstić information content (AvgIpc) is 2.80. The molecule has 1 aliphatic rings. The van der Waals surface area contributed by atoms with Gasteiger partial charge in [0.2, 0.25) is 0 Å². The first-order chi connectivity index (χ1) is 8.02. The molecule has 0 atom stereocenters. The highest BCUT2D eigenvalue weighted by atomic mass is 16.7. The first-order valence-corrected chi connectivity index (χ1v) is 6.39. The van der Waals surface area contributed by atoms with Gasteiger partial charge in [-0.15, -0.1) is 0 Å². The Morgan fingerprint density at radius 1 is 1.18 bits per heavy atom. The molecule has 1 saturated heterocycles. The number of hydrogen-bond donors (Lipinski definition) is 0. The van der Waals surface area contributed by atoms with Crippen molar-refractivity contribution in [2.75, 3.05) is 13.2 Å². The van der Waals surface area contributed by atoms with Gasteiger partial charge in [0.05, 0.1) is 13.2 Å². The van der Waals surface area contributed by atoms with Gasteiger partial charge >= 0.3 is 0 Å². The van der Waals surface area contributed by atoms with Gasteiger partial charge in [0, 0.05) is 5.56 Å². The van der Waals surface area contributed by atoms with Gasteiger partial charge in [0.1, 0.15) is 0 Å². The molecule has 1 aromatic rings. The lowest BCUT2D eigenvalue weighted by Crippen LogP contribution is -2.13. The van der Waals surface area contributed by atoms with Gasteiger partial charge in [0.25, 0.3) is 0 Å². The Morgan fingerprint density at radius 3 is 2.35 bits per heavy atom. The van der Waals surface area contributed by atoms with Gasteiger partial charge in [-0.3, -0.25) is 0 Å². The van der Waals surface area contributed by atoms with Crippen LogP contribution in [0.3, 0.4) is 0 Å². The van der Waals surface area contributed by atoms with Gasteiger partial charge < -0.3 is 9.47 Å². The topological polar surface area (TPSA) is 18.5 Å². The molecule has 0 unspecified atom stereocenters. The van der Waals surface area contributed by atoms with Crippen LogP contribution in [-0.2, 0) is 21.3 Å². The normalized spacial score (nSPS) is 17.6. The summed E-state index contributed by atoms with van der Waals surface area (Å²) in [6.45, 7) is 10.3.